The van der Waals surface area contributed by atoms with Gasteiger partial charge in [-0.3, -0.25) is 4.99 Å². The van der Waals surface area contributed by atoms with Crippen LogP contribution in [0.3, 0.4) is 0 Å². The highest BCUT2D eigenvalue weighted by Gasteiger charge is 2.20. The van der Waals surface area contributed by atoms with Gasteiger partial charge in [0.05, 0.1) is 10.7 Å². The Balaban J connectivity index is 1.56. The number of thiophene rings is 1. The highest BCUT2D eigenvalue weighted by molar-refractivity contribution is 7.21. The van der Waals surface area contributed by atoms with E-state index in [1.807, 2.05) is 84.9 Å². The predicted molar refractivity (Wildman–Crippen MR) is 129 cm³/mol. The quantitative estimate of drug-likeness (QED) is 0.163. The van der Waals surface area contributed by atoms with Crippen LogP contribution >= 0.6 is 22.9 Å². The van der Waals surface area contributed by atoms with Gasteiger partial charge in [-0.2, -0.15) is 0 Å². The first-order valence-corrected chi connectivity index (χ1v) is 10.9. The van der Waals surface area contributed by atoms with Crippen molar-refractivity contribution in [2.24, 2.45) is 4.99 Å². The van der Waals surface area contributed by atoms with Crippen molar-refractivity contribution in [3.8, 4) is 5.75 Å². The zero-order valence-corrected chi connectivity index (χ0v) is 17.9. The number of ether oxygens (including phenoxy) is 1. The molecule has 4 aromatic carbocycles. The van der Waals surface area contributed by atoms with Gasteiger partial charge < -0.3 is 4.74 Å². The van der Waals surface area contributed by atoms with Crippen LogP contribution in [0.25, 0.3) is 20.9 Å². The molecule has 0 atom stereocenters. The molecule has 0 saturated carbocycles. The molecule has 0 aliphatic rings. The van der Waals surface area contributed by atoms with Crippen molar-refractivity contribution in [3.05, 3.63) is 106 Å². The Bertz CT molecular complexity index is 1440. The summed E-state index contributed by atoms with van der Waals surface area (Å²) >= 11 is 7.81. The molecule has 5 aromatic rings. The molecule has 0 N–H and O–H groups in total. The molecule has 0 spiro atoms. The highest BCUT2D eigenvalue weighted by atomic mass is 35.5. The molecule has 5 heteroatoms. The molecule has 0 aliphatic heterocycles. The summed E-state index contributed by atoms with van der Waals surface area (Å²) < 4.78 is 6.78. The summed E-state index contributed by atoms with van der Waals surface area (Å²) in [7, 11) is 0. The second kappa shape index (κ2) is 8.34. The van der Waals surface area contributed by atoms with E-state index in [1.54, 1.807) is 12.3 Å². The smallest absolute Gasteiger partial charge is 0.355 e. The van der Waals surface area contributed by atoms with Gasteiger partial charge in [0.1, 0.15) is 10.6 Å². The number of carbonyl (C=O) groups is 1. The number of rotatable bonds is 4. The minimum Gasteiger partial charge on any atom is -0.422 e. The lowest BCUT2D eigenvalue weighted by Gasteiger charge is -2.10. The van der Waals surface area contributed by atoms with Crippen molar-refractivity contribution in [1.82, 2.24) is 0 Å². The Morgan fingerprint density at radius 1 is 0.839 bits per heavy atom. The van der Waals surface area contributed by atoms with E-state index in [9.17, 15) is 4.79 Å². The summed E-state index contributed by atoms with van der Waals surface area (Å²) in [6.45, 7) is 0. The number of carbonyl (C=O) groups excluding carboxylic acids is 1. The van der Waals surface area contributed by atoms with E-state index in [1.165, 1.54) is 11.3 Å². The second-order valence-corrected chi connectivity index (χ2v) is 8.35. The molecule has 0 saturated heterocycles. The largest absolute Gasteiger partial charge is 0.422 e. The summed E-state index contributed by atoms with van der Waals surface area (Å²) in [4.78, 5) is 18.0. The molecule has 0 unspecified atom stereocenters. The van der Waals surface area contributed by atoms with Crippen LogP contribution in [0.2, 0.25) is 5.02 Å². The fourth-order valence-corrected chi connectivity index (χ4v) is 4.83. The number of hydrogen-bond donors (Lipinski definition) is 0. The Morgan fingerprint density at radius 2 is 1.55 bits per heavy atom. The van der Waals surface area contributed by atoms with Crippen LogP contribution in [0.1, 0.15) is 15.2 Å². The van der Waals surface area contributed by atoms with Crippen LogP contribution in [0.15, 0.2) is 96.0 Å². The van der Waals surface area contributed by atoms with Crippen molar-refractivity contribution in [3.63, 3.8) is 0 Å². The molecular formula is C26H16ClNO2S. The zero-order chi connectivity index (χ0) is 21.2. The average molecular weight is 442 g/mol. The molecule has 0 radical (unpaired) electrons. The number of para-hydroxylation sites is 1. The third-order valence-electron chi connectivity index (χ3n) is 4.95. The molecule has 1 heterocycles. The highest BCUT2D eigenvalue weighted by Crippen LogP contribution is 2.36. The minimum atomic E-state index is -0.476. The Morgan fingerprint density at radius 3 is 2.35 bits per heavy atom. The van der Waals surface area contributed by atoms with Gasteiger partial charge in [0, 0.05) is 21.9 Å². The zero-order valence-electron chi connectivity index (χ0n) is 16.3. The minimum absolute atomic E-state index is 0.391. The Labute approximate surface area is 188 Å². The molecule has 150 valence electrons. The van der Waals surface area contributed by atoms with Crippen LogP contribution in [0.4, 0.5) is 5.69 Å². The van der Waals surface area contributed by atoms with E-state index in [0.29, 0.717) is 15.6 Å². The maximum absolute atomic E-state index is 13.0. The summed E-state index contributed by atoms with van der Waals surface area (Å²) in [5.41, 5.74) is 1.56. The summed E-state index contributed by atoms with van der Waals surface area (Å²) in [5, 5.41) is 3.27. The van der Waals surface area contributed by atoms with Crippen molar-refractivity contribution >= 4 is 61.7 Å². The van der Waals surface area contributed by atoms with E-state index in [2.05, 4.69) is 4.99 Å². The lowest BCUT2D eigenvalue weighted by Crippen LogP contribution is -2.09. The van der Waals surface area contributed by atoms with Gasteiger partial charge in [-0.1, -0.05) is 78.3 Å². The topological polar surface area (TPSA) is 38.7 Å². The number of aliphatic imine (C=N–C) groups is 1. The van der Waals surface area contributed by atoms with E-state index in [0.717, 1.165) is 32.1 Å². The second-order valence-electron chi connectivity index (χ2n) is 6.92. The maximum atomic E-state index is 13.0. The van der Waals surface area contributed by atoms with E-state index >= 15 is 0 Å². The van der Waals surface area contributed by atoms with Gasteiger partial charge in [-0.15, -0.1) is 11.3 Å². The van der Waals surface area contributed by atoms with Crippen molar-refractivity contribution in [1.29, 1.82) is 0 Å². The summed E-state index contributed by atoms with van der Waals surface area (Å²) in [6, 6.07) is 29.0. The van der Waals surface area contributed by atoms with Crippen molar-refractivity contribution in [2.45, 2.75) is 0 Å². The van der Waals surface area contributed by atoms with Crippen molar-refractivity contribution in [2.75, 3.05) is 0 Å². The first-order valence-electron chi connectivity index (χ1n) is 9.71. The Hall–Kier alpha value is -3.47. The number of esters is 1. The molecule has 31 heavy (non-hydrogen) atoms. The van der Waals surface area contributed by atoms with Crippen LogP contribution in [-0.4, -0.2) is 12.2 Å². The van der Waals surface area contributed by atoms with Gasteiger partial charge >= 0.3 is 5.97 Å². The molecule has 0 bridgehead atoms. The van der Waals surface area contributed by atoms with Crippen LogP contribution in [-0.2, 0) is 0 Å². The van der Waals surface area contributed by atoms with Crippen LogP contribution in [0.5, 0.6) is 5.75 Å². The monoisotopic (exact) mass is 441 g/mol. The van der Waals surface area contributed by atoms with Crippen LogP contribution in [0, 0.1) is 0 Å². The predicted octanol–water partition coefficient (Wildman–Crippen LogP) is 7.68. The third-order valence-corrected chi connectivity index (χ3v) is 6.61. The molecule has 0 amide bonds. The lowest BCUT2D eigenvalue weighted by atomic mass is 10.0. The molecule has 5 rings (SSSR count). The fraction of sp³-hybridized carbons (Fsp3) is 0. The molecular weight excluding hydrogens is 426 g/mol. The number of fused-ring (bicyclic) bond motifs is 2. The lowest BCUT2D eigenvalue weighted by molar-refractivity contribution is 0.0740. The first kappa shape index (κ1) is 19.5. The Kier molecular flexibility index (Phi) is 5.24. The van der Waals surface area contributed by atoms with E-state index in [4.69, 9.17) is 16.3 Å². The number of nitrogens with zero attached hydrogens (tertiary/aromatic N) is 1. The van der Waals surface area contributed by atoms with Gasteiger partial charge in [0.2, 0.25) is 0 Å². The average Bonchev–Trinajstić information content (AvgIpc) is 3.16. The number of benzene rings is 4. The summed E-state index contributed by atoms with van der Waals surface area (Å²) in [6.07, 6.45) is 1.74. The number of hydrogen-bond acceptors (Lipinski definition) is 4. The maximum Gasteiger partial charge on any atom is 0.355 e. The fourth-order valence-electron chi connectivity index (χ4n) is 3.44. The van der Waals surface area contributed by atoms with Gasteiger partial charge in [-0.05, 0) is 35.0 Å². The molecule has 0 fully saturated rings. The normalized spacial score (nSPS) is 11.4. The SMILES string of the molecule is O=C(Oc1ccc2ccccc2c1C=Nc1ccccc1)c1sc2ccccc2c1Cl. The van der Waals surface area contributed by atoms with Crippen LogP contribution < -0.4 is 4.74 Å². The van der Waals surface area contributed by atoms with Crippen molar-refractivity contribution < 1.29 is 9.53 Å². The molecule has 0 aliphatic carbocycles. The standard InChI is InChI=1S/C26H16ClNO2S/c27-24-20-12-6-7-13-23(20)31-25(24)26(29)30-22-15-14-17-8-4-5-11-19(17)21(22)16-28-18-9-2-1-3-10-18/h1-16H. The van der Waals surface area contributed by atoms with Gasteiger partial charge in [0.15, 0.2) is 0 Å². The first-order chi connectivity index (χ1) is 15.2. The van der Waals surface area contributed by atoms with Gasteiger partial charge in [-0.25, -0.2) is 4.79 Å². The number of halogens is 1. The van der Waals surface area contributed by atoms with Gasteiger partial charge in [0.25, 0.3) is 0 Å². The third kappa shape index (κ3) is 3.83. The van der Waals surface area contributed by atoms with E-state index in [-0.39, 0.29) is 0 Å². The molecule has 3 nitrogen and oxygen atoms in total. The van der Waals surface area contributed by atoms with E-state index < -0.39 is 5.97 Å². The summed E-state index contributed by atoms with van der Waals surface area (Å²) in [5.74, 6) is -0.0345. The molecule has 1 aromatic heterocycles.